The Morgan fingerprint density at radius 3 is 2.84 bits per heavy atom. The van der Waals surface area contributed by atoms with E-state index in [0.717, 1.165) is 44.7 Å². The fourth-order valence-electron chi connectivity index (χ4n) is 1.98. The minimum absolute atomic E-state index is 0. The molecule has 0 radical (unpaired) electrons. The van der Waals surface area contributed by atoms with E-state index in [-0.39, 0.29) is 24.0 Å². The molecule has 0 aromatic rings. The third-order valence-electron chi connectivity index (χ3n) is 3.08. The molecule has 1 atom stereocenters. The maximum atomic E-state index is 5.33. The number of hydrogen-bond acceptors (Lipinski definition) is 3. The van der Waals surface area contributed by atoms with Crippen molar-refractivity contribution in [3.63, 3.8) is 0 Å². The van der Waals surface area contributed by atoms with E-state index in [1.807, 2.05) is 14.0 Å². The van der Waals surface area contributed by atoms with Crippen LogP contribution in [-0.4, -0.2) is 61.8 Å². The van der Waals surface area contributed by atoms with Gasteiger partial charge in [-0.15, -0.1) is 24.0 Å². The summed E-state index contributed by atoms with van der Waals surface area (Å²) in [6.45, 7) is 11.1. The Morgan fingerprint density at radius 1 is 1.53 bits per heavy atom. The van der Waals surface area contributed by atoms with Crippen LogP contribution in [0.2, 0.25) is 0 Å². The standard InChI is InChI=1S/C13H27N3OS.HI/c1-5-17-8-6-15-13(14-4)16-7-9-18-12(10-16)11(2)3;/h11-12H,5-10H2,1-4H3,(H,14,15);1H. The first-order valence-corrected chi connectivity index (χ1v) is 7.88. The van der Waals surface area contributed by atoms with Gasteiger partial charge in [-0.05, 0) is 12.8 Å². The molecule has 1 aliphatic rings. The number of halogens is 1. The second-order valence-electron chi connectivity index (χ2n) is 4.77. The third kappa shape index (κ3) is 7.04. The molecule has 19 heavy (non-hydrogen) atoms. The zero-order valence-electron chi connectivity index (χ0n) is 12.5. The highest BCUT2D eigenvalue weighted by atomic mass is 127. The SMILES string of the molecule is CCOCCNC(=NC)N1CCSC(C(C)C)C1.I. The van der Waals surface area contributed by atoms with Gasteiger partial charge in [0, 0.05) is 44.3 Å². The van der Waals surface area contributed by atoms with Gasteiger partial charge in [-0.1, -0.05) is 13.8 Å². The average Bonchev–Trinajstić information content (AvgIpc) is 2.39. The van der Waals surface area contributed by atoms with E-state index in [1.165, 1.54) is 5.75 Å². The zero-order chi connectivity index (χ0) is 13.4. The minimum Gasteiger partial charge on any atom is -0.380 e. The highest BCUT2D eigenvalue weighted by Gasteiger charge is 2.24. The number of nitrogens with one attached hydrogen (secondary N) is 1. The maximum Gasteiger partial charge on any atom is 0.193 e. The molecule has 0 bridgehead atoms. The highest BCUT2D eigenvalue weighted by Crippen LogP contribution is 2.24. The van der Waals surface area contributed by atoms with Gasteiger partial charge in [0.2, 0.25) is 0 Å². The van der Waals surface area contributed by atoms with Gasteiger partial charge in [-0.2, -0.15) is 11.8 Å². The normalized spacial score (nSPS) is 20.4. The van der Waals surface area contributed by atoms with Crippen LogP contribution in [0.3, 0.4) is 0 Å². The van der Waals surface area contributed by atoms with Crippen LogP contribution in [0.1, 0.15) is 20.8 Å². The molecule has 0 aliphatic carbocycles. The first-order chi connectivity index (χ1) is 8.69. The van der Waals surface area contributed by atoms with Gasteiger partial charge in [-0.3, -0.25) is 4.99 Å². The lowest BCUT2D eigenvalue weighted by Crippen LogP contribution is -2.49. The van der Waals surface area contributed by atoms with Crippen molar-refractivity contribution in [2.45, 2.75) is 26.0 Å². The molecule has 0 spiro atoms. The fraction of sp³-hybridized carbons (Fsp3) is 0.923. The molecule has 0 aromatic carbocycles. The molecule has 6 heteroatoms. The van der Waals surface area contributed by atoms with Crippen molar-refractivity contribution in [1.29, 1.82) is 0 Å². The Bertz CT molecular complexity index is 264. The average molecular weight is 401 g/mol. The number of nitrogens with zero attached hydrogens (tertiary/aromatic N) is 2. The van der Waals surface area contributed by atoms with Gasteiger partial charge in [0.1, 0.15) is 0 Å². The molecule has 0 saturated carbocycles. The monoisotopic (exact) mass is 401 g/mol. The summed E-state index contributed by atoms with van der Waals surface area (Å²) >= 11 is 2.09. The summed E-state index contributed by atoms with van der Waals surface area (Å²) in [5.74, 6) is 2.93. The molecule has 114 valence electrons. The fourth-order valence-corrected chi connectivity index (χ4v) is 3.28. The van der Waals surface area contributed by atoms with Crippen LogP contribution >= 0.6 is 35.7 Å². The van der Waals surface area contributed by atoms with Crippen LogP contribution in [0.25, 0.3) is 0 Å². The predicted molar refractivity (Wildman–Crippen MR) is 95.9 cm³/mol. The summed E-state index contributed by atoms with van der Waals surface area (Å²) in [4.78, 5) is 6.74. The lowest BCUT2D eigenvalue weighted by atomic mass is 10.1. The van der Waals surface area contributed by atoms with Gasteiger partial charge >= 0.3 is 0 Å². The Hall–Kier alpha value is 0.310. The van der Waals surface area contributed by atoms with E-state index < -0.39 is 0 Å². The molecule has 0 amide bonds. The van der Waals surface area contributed by atoms with Gasteiger partial charge in [0.25, 0.3) is 0 Å². The molecule has 1 heterocycles. The first kappa shape index (κ1) is 19.3. The first-order valence-electron chi connectivity index (χ1n) is 6.84. The topological polar surface area (TPSA) is 36.9 Å². The Balaban J connectivity index is 0.00000324. The van der Waals surface area contributed by atoms with Crippen LogP contribution in [-0.2, 0) is 4.74 Å². The summed E-state index contributed by atoms with van der Waals surface area (Å²) in [5, 5.41) is 4.09. The summed E-state index contributed by atoms with van der Waals surface area (Å²) < 4.78 is 5.33. The largest absolute Gasteiger partial charge is 0.380 e. The molecule has 1 N–H and O–H groups in total. The lowest BCUT2D eigenvalue weighted by Gasteiger charge is -2.36. The number of aliphatic imine (C=N–C) groups is 1. The summed E-state index contributed by atoms with van der Waals surface area (Å²) in [5.41, 5.74) is 0. The second-order valence-corrected chi connectivity index (χ2v) is 6.12. The van der Waals surface area contributed by atoms with E-state index in [2.05, 4.69) is 40.8 Å². The quantitative estimate of drug-likeness (QED) is 0.332. The van der Waals surface area contributed by atoms with Crippen molar-refractivity contribution in [2.75, 3.05) is 45.6 Å². The molecular weight excluding hydrogens is 373 g/mol. The van der Waals surface area contributed by atoms with Crippen LogP contribution in [0.5, 0.6) is 0 Å². The number of guanidine groups is 1. The Kier molecular flexibility index (Phi) is 11.2. The highest BCUT2D eigenvalue weighted by molar-refractivity contribution is 14.0. The zero-order valence-corrected chi connectivity index (χ0v) is 15.7. The molecule has 1 saturated heterocycles. The molecule has 1 unspecified atom stereocenters. The van der Waals surface area contributed by atoms with Gasteiger partial charge < -0.3 is 15.0 Å². The smallest absolute Gasteiger partial charge is 0.193 e. The van der Waals surface area contributed by atoms with Crippen molar-refractivity contribution in [1.82, 2.24) is 10.2 Å². The summed E-state index contributed by atoms with van der Waals surface area (Å²) in [7, 11) is 1.86. The maximum absolute atomic E-state index is 5.33. The number of thioether (sulfide) groups is 1. The van der Waals surface area contributed by atoms with Crippen molar-refractivity contribution in [3.05, 3.63) is 0 Å². The van der Waals surface area contributed by atoms with Gasteiger partial charge in [0.15, 0.2) is 5.96 Å². The van der Waals surface area contributed by atoms with E-state index in [4.69, 9.17) is 4.74 Å². The molecule has 0 aromatic heterocycles. The molecule has 1 rings (SSSR count). The molecule has 1 fully saturated rings. The van der Waals surface area contributed by atoms with Crippen molar-refractivity contribution < 1.29 is 4.74 Å². The number of rotatable bonds is 5. The van der Waals surface area contributed by atoms with Gasteiger partial charge in [0.05, 0.1) is 6.61 Å². The Morgan fingerprint density at radius 2 is 2.26 bits per heavy atom. The van der Waals surface area contributed by atoms with Crippen LogP contribution in [0.15, 0.2) is 4.99 Å². The van der Waals surface area contributed by atoms with Crippen LogP contribution in [0.4, 0.5) is 0 Å². The van der Waals surface area contributed by atoms with Gasteiger partial charge in [-0.25, -0.2) is 0 Å². The number of hydrogen-bond donors (Lipinski definition) is 1. The van der Waals surface area contributed by atoms with Crippen molar-refractivity contribution in [2.24, 2.45) is 10.9 Å². The predicted octanol–water partition coefficient (Wildman–Crippen LogP) is 2.29. The molecule has 4 nitrogen and oxygen atoms in total. The van der Waals surface area contributed by atoms with Crippen molar-refractivity contribution in [3.8, 4) is 0 Å². The van der Waals surface area contributed by atoms with E-state index in [1.54, 1.807) is 0 Å². The summed E-state index contributed by atoms with van der Waals surface area (Å²) in [6, 6.07) is 0. The van der Waals surface area contributed by atoms with E-state index in [9.17, 15) is 0 Å². The minimum atomic E-state index is 0. The lowest BCUT2D eigenvalue weighted by molar-refractivity contribution is 0.152. The molecular formula is C13H28IN3OS. The third-order valence-corrected chi connectivity index (χ3v) is 4.62. The second kappa shape index (κ2) is 11.0. The Labute approximate surface area is 139 Å². The van der Waals surface area contributed by atoms with E-state index in [0.29, 0.717) is 5.25 Å². The van der Waals surface area contributed by atoms with Crippen LogP contribution in [0, 0.1) is 5.92 Å². The van der Waals surface area contributed by atoms with Crippen molar-refractivity contribution >= 4 is 41.7 Å². The number of ether oxygens (including phenoxy) is 1. The molecule has 1 aliphatic heterocycles. The van der Waals surface area contributed by atoms with Crippen LogP contribution < -0.4 is 5.32 Å². The van der Waals surface area contributed by atoms with E-state index >= 15 is 0 Å². The summed E-state index contributed by atoms with van der Waals surface area (Å²) in [6.07, 6.45) is 0.